The third-order valence-corrected chi connectivity index (χ3v) is 3.61. The highest BCUT2D eigenvalue weighted by atomic mass is 16.5. The van der Waals surface area contributed by atoms with Gasteiger partial charge in [-0.15, -0.1) is 0 Å². The molecule has 1 N–H and O–H groups in total. The minimum Gasteiger partial charge on any atom is -0.508 e. The molecule has 1 amide bonds. The summed E-state index contributed by atoms with van der Waals surface area (Å²) in [5.74, 6) is 0.883. The quantitative estimate of drug-likeness (QED) is 0.938. The Bertz CT molecular complexity index is 605. The van der Waals surface area contributed by atoms with Crippen molar-refractivity contribution in [1.29, 1.82) is 0 Å². The lowest BCUT2D eigenvalue weighted by molar-refractivity contribution is 0.0742. The fourth-order valence-corrected chi connectivity index (χ4v) is 2.09. The van der Waals surface area contributed by atoms with Gasteiger partial charge in [0.25, 0.3) is 5.91 Å². The summed E-state index contributed by atoms with van der Waals surface area (Å²) in [4.78, 5) is 14.1. The Morgan fingerprint density at radius 2 is 1.67 bits per heavy atom. The summed E-state index contributed by atoms with van der Waals surface area (Å²) >= 11 is 0. The maximum Gasteiger partial charge on any atom is 0.254 e. The fraction of sp³-hybridized carbons (Fsp3) is 0.235. The zero-order valence-corrected chi connectivity index (χ0v) is 12.4. The number of rotatable bonds is 4. The lowest BCUT2D eigenvalue weighted by Gasteiger charge is -2.25. The topological polar surface area (TPSA) is 49.8 Å². The average molecular weight is 285 g/mol. The molecular weight excluding hydrogens is 266 g/mol. The van der Waals surface area contributed by atoms with Crippen molar-refractivity contribution in [3.8, 4) is 11.5 Å². The van der Waals surface area contributed by atoms with Gasteiger partial charge in [-0.3, -0.25) is 4.79 Å². The van der Waals surface area contributed by atoms with E-state index >= 15 is 0 Å². The molecule has 0 aliphatic carbocycles. The molecule has 0 radical (unpaired) electrons. The second-order valence-corrected chi connectivity index (χ2v) is 4.91. The smallest absolute Gasteiger partial charge is 0.254 e. The predicted molar refractivity (Wildman–Crippen MR) is 81.6 cm³/mol. The number of benzene rings is 2. The van der Waals surface area contributed by atoms with E-state index in [1.165, 1.54) is 0 Å². The highest BCUT2D eigenvalue weighted by Gasteiger charge is 2.18. The van der Waals surface area contributed by atoms with Crippen LogP contribution in [0.4, 0.5) is 0 Å². The molecule has 110 valence electrons. The predicted octanol–water partition coefficient (Wildman–Crippen LogP) is 3.23. The van der Waals surface area contributed by atoms with Crippen LogP contribution in [-0.4, -0.2) is 30.1 Å². The first-order valence-electron chi connectivity index (χ1n) is 6.73. The van der Waals surface area contributed by atoms with E-state index < -0.39 is 0 Å². The van der Waals surface area contributed by atoms with E-state index in [1.54, 1.807) is 55.5 Å². The Hall–Kier alpha value is -2.49. The Balaban J connectivity index is 2.15. The van der Waals surface area contributed by atoms with Crippen LogP contribution in [0.5, 0.6) is 11.5 Å². The average Bonchev–Trinajstić information content (AvgIpc) is 2.53. The van der Waals surface area contributed by atoms with Gasteiger partial charge in [0.05, 0.1) is 13.2 Å². The number of nitrogens with zero attached hydrogens (tertiary/aromatic N) is 1. The first kappa shape index (κ1) is 14.9. The van der Waals surface area contributed by atoms with Crippen LogP contribution in [0.25, 0.3) is 0 Å². The van der Waals surface area contributed by atoms with Crippen molar-refractivity contribution in [1.82, 2.24) is 4.90 Å². The van der Waals surface area contributed by atoms with Gasteiger partial charge in [-0.25, -0.2) is 0 Å². The van der Waals surface area contributed by atoms with E-state index in [9.17, 15) is 9.90 Å². The van der Waals surface area contributed by atoms with E-state index in [4.69, 9.17) is 4.74 Å². The maximum atomic E-state index is 12.5. The van der Waals surface area contributed by atoms with Crippen LogP contribution in [0.15, 0.2) is 48.5 Å². The van der Waals surface area contributed by atoms with Gasteiger partial charge >= 0.3 is 0 Å². The van der Waals surface area contributed by atoms with Crippen molar-refractivity contribution in [3.05, 3.63) is 59.7 Å². The van der Waals surface area contributed by atoms with E-state index in [0.29, 0.717) is 5.56 Å². The van der Waals surface area contributed by atoms with E-state index in [2.05, 4.69) is 0 Å². The lowest BCUT2D eigenvalue weighted by Crippen LogP contribution is -2.29. The Labute approximate surface area is 124 Å². The third kappa shape index (κ3) is 3.34. The third-order valence-electron chi connectivity index (χ3n) is 3.61. The van der Waals surface area contributed by atoms with Crippen LogP contribution in [0.3, 0.4) is 0 Å². The number of carbonyl (C=O) groups excluding carboxylic acids is 1. The first-order valence-corrected chi connectivity index (χ1v) is 6.73. The van der Waals surface area contributed by atoms with Crippen LogP contribution < -0.4 is 4.74 Å². The molecule has 21 heavy (non-hydrogen) atoms. The lowest BCUT2D eigenvalue weighted by atomic mass is 10.1. The highest BCUT2D eigenvalue weighted by molar-refractivity contribution is 5.94. The van der Waals surface area contributed by atoms with Crippen LogP contribution in [0.1, 0.15) is 28.9 Å². The molecule has 0 saturated carbocycles. The molecular formula is C17H19NO3. The molecule has 0 aliphatic rings. The van der Waals surface area contributed by atoms with Gasteiger partial charge in [0.1, 0.15) is 11.5 Å². The van der Waals surface area contributed by atoms with Crippen LogP contribution in [0.2, 0.25) is 0 Å². The number of aromatic hydroxyl groups is 1. The second-order valence-electron chi connectivity index (χ2n) is 4.91. The highest BCUT2D eigenvalue weighted by Crippen LogP contribution is 2.23. The normalized spacial score (nSPS) is 11.8. The number of hydrogen-bond donors (Lipinski definition) is 1. The maximum absolute atomic E-state index is 12.5. The summed E-state index contributed by atoms with van der Waals surface area (Å²) in [6.45, 7) is 1.95. The van der Waals surface area contributed by atoms with Crippen molar-refractivity contribution in [3.63, 3.8) is 0 Å². The van der Waals surface area contributed by atoms with E-state index in [0.717, 1.165) is 11.3 Å². The molecule has 2 rings (SSSR count). The summed E-state index contributed by atoms with van der Waals surface area (Å²) < 4.78 is 5.09. The number of amides is 1. The molecule has 0 spiro atoms. The summed E-state index contributed by atoms with van der Waals surface area (Å²) in [6.07, 6.45) is 0. The number of phenolic OH excluding ortho intramolecular Hbond substituents is 1. The van der Waals surface area contributed by atoms with Gasteiger partial charge in [-0.2, -0.15) is 0 Å². The Morgan fingerprint density at radius 1 is 1.10 bits per heavy atom. The molecule has 1 unspecified atom stereocenters. The van der Waals surface area contributed by atoms with Crippen molar-refractivity contribution >= 4 is 5.91 Å². The minimum absolute atomic E-state index is 0.0572. The minimum atomic E-state index is -0.0831. The monoisotopic (exact) mass is 285 g/mol. The summed E-state index contributed by atoms with van der Waals surface area (Å²) in [7, 11) is 3.36. The van der Waals surface area contributed by atoms with Crippen LogP contribution in [0, 0.1) is 0 Å². The molecule has 0 saturated heterocycles. The molecule has 0 fully saturated rings. The molecule has 2 aromatic rings. The summed E-state index contributed by atoms with van der Waals surface area (Å²) in [5.41, 5.74) is 1.58. The fourth-order valence-electron chi connectivity index (χ4n) is 2.09. The number of carbonyl (C=O) groups is 1. The number of hydrogen-bond acceptors (Lipinski definition) is 3. The van der Waals surface area contributed by atoms with Crippen LogP contribution in [-0.2, 0) is 0 Å². The number of phenols is 1. The van der Waals surface area contributed by atoms with Crippen LogP contribution >= 0.6 is 0 Å². The molecule has 0 bridgehead atoms. The van der Waals surface area contributed by atoms with Gasteiger partial charge in [0.2, 0.25) is 0 Å². The number of ether oxygens (including phenoxy) is 1. The molecule has 2 aromatic carbocycles. The standard InChI is InChI=1S/C17H19NO3/c1-12(13-4-8-15(19)9-5-13)18(2)17(20)14-6-10-16(21-3)11-7-14/h4-12,19H,1-3H3. The SMILES string of the molecule is COc1ccc(C(=O)N(C)C(C)c2ccc(O)cc2)cc1. The van der Waals surface area contributed by atoms with Gasteiger partial charge < -0.3 is 14.7 Å². The van der Waals surface area contributed by atoms with E-state index in [1.807, 2.05) is 19.1 Å². The summed E-state index contributed by atoms with van der Waals surface area (Å²) in [6, 6.07) is 13.8. The molecule has 1 atom stereocenters. The Morgan fingerprint density at radius 3 is 2.19 bits per heavy atom. The van der Waals surface area contributed by atoms with Crippen molar-refractivity contribution in [2.45, 2.75) is 13.0 Å². The van der Waals surface area contributed by atoms with Gasteiger partial charge in [0, 0.05) is 12.6 Å². The van der Waals surface area contributed by atoms with Crippen molar-refractivity contribution in [2.75, 3.05) is 14.2 Å². The zero-order chi connectivity index (χ0) is 15.4. The van der Waals surface area contributed by atoms with Gasteiger partial charge in [-0.1, -0.05) is 12.1 Å². The first-order chi connectivity index (χ1) is 10.0. The largest absolute Gasteiger partial charge is 0.508 e. The molecule has 0 aliphatic heterocycles. The molecule has 0 heterocycles. The van der Waals surface area contributed by atoms with Gasteiger partial charge in [-0.05, 0) is 48.9 Å². The molecule has 4 heteroatoms. The van der Waals surface area contributed by atoms with Crippen molar-refractivity contribution < 1.29 is 14.6 Å². The molecule has 4 nitrogen and oxygen atoms in total. The molecule has 0 aromatic heterocycles. The van der Waals surface area contributed by atoms with Gasteiger partial charge in [0.15, 0.2) is 0 Å². The van der Waals surface area contributed by atoms with Crippen molar-refractivity contribution in [2.24, 2.45) is 0 Å². The Kier molecular flexibility index (Phi) is 4.48. The second kappa shape index (κ2) is 6.31. The van der Waals surface area contributed by atoms with E-state index in [-0.39, 0.29) is 17.7 Å². The number of methoxy groups -OCH3 is 1. The summed E-state index contributed by atoms with van der Waals surface area (Å²) in [5, 5.41) is 9.32. The zero-order valence-electron chi connectivity index (χ0n) is 12.4.